The van der Waals surface area contributed by atoms with E-state index in [1.807, 2.05) is 36.4 Å². The molecule has 0 atom stereocenters. The Labute approximate surface area is 131 Å². The third-order valence-corrected chi connectivity index (χ3v) is 3.69. The monoisotopic (exact) mass is 343 g/mol. The number of aryl methyl sites for hydroxylation is 2. The SMILES string of the molecule is Nc1cc(Br)ccc1-c1nc(CCc2ccccc2)no1. The molecule has 2 N–H and O–H groups in total. The zero-order chi connectivity index (χ0) is 14.7. The zero-order valence-electron chi connectivity index (χ0n) is 11.3. The molecule has 0 fully saturated rings. The van der Waals surface area contributed by atoms with E-state index in [0.717, 1.165) is 22.9 Å². The zero-order valence-corrected chi connectivity index (χ0v) is 12.9. The lowest BCUT2D eigenvalue weighted by molar-refractivity contribution is 0.422. The average Bonchev–Trinajstić information content (AvgIpc) is 2.95. The van der Waals surface area contributed by atoms with Crippen molar-refractivity contribution in [3.05, 3.63) is 64.4 Å². The van der Waals surface area contributed by atoms with E-state index >= 15 is 0 Å². The first kappa shape index (κ1) is 13.8. The molecule has 0 saturated carbocycles. The fourth-order valence-corrected chi connectivity index (χ4v) is 2.47. The van der Waals surface area contributed by atoms with Crippen molar-refractivity contribution in [1.29, 1.82) is 0 Å². The van der Waals surface area contributed by atoms with Gasteiger partial charge in [0.25, 0.3) is 5.89 Å². The van der Waals surface area contributed by atoms with Gasteiger partial charge in [0.2, 0.25) is 0 Å². The average molecular weight is 344 g/mol. The van der Waals surface area contributed by atoms with Crippen molar-refractivity contribution in [3.63, 3.8) is 0 Å². The minimum atomic E-state index is 0.461. The van der Waals surface area contributed by atoms with Crippen LogP contribution in [-0.4, -0.2) is 10.1 Å². The normalized spacial score (nSPS) is 10.7. The second kappa shape index (κ2) is 6.10. The fraction of sp³-hybridized carbons (Fsp3) is 0.125. The van der Waals surface area contributed by atoms with E-state index in [0.29, 0.717) is 17.4 Å². The molecule has 0 amide bonds. The van der Waals surface area contributed by atoms with Crippen molar-refractivity contribution in [2.24, 2.45) is 0 Å². The van der Waals surface area contributed by atoms with Crippen LogP contribution in [0.5, 0.6) is 0 Å². The maximum absolute atomic E-state index is 5.97. The molecule has 0 aliphatic rings. The summed E-state index contributed by atoms with van der Waals surface area (Å²) in [6, 6.07) is 15.8. The van der Waals surface area contributed by atoms with Crippen molar-refractivity contribution in [3.8, 4) is 11.5 Å². The summed E-state index contributed by atoms with van der Waals surface area (Å²) in [5.74, 6) is 1.15. The van der Waals surface area contributed by atoms with E-state index in [9.17, 15) is 0 Å². The number of nitrogen functional groups attached to an aromatic ring is 1. The number of hydrogen-bond donors (Lipinski definition) is 1. The predicted molar refractivity (Wildman–Crippen MR) is 85.7 cm³/mol. The van der Waals surface area contributed by atoms with Crippen LogP contribution >= 0.6 is 15.9 Å². The van der Waals surface area contributed by atoms with E-state index in [-0.39, 0.29) is 0 Å². The number of anilines is 1. The fourth-order valence-electron chi connectivity index (χ4n) is 2.09. The molecular formula is C16H14BrN3O. The molecule has 0 bridgehead atoms. The lowest BCUT2D eigenvalue weighted by Crippen LogP contribution is -1.94. The summed E-state index contributed by atoms with van der Waals surface area (Å²) in [5.41, 5.74) is 8.60. The molecule has 2 aromatic carbocycles. The van der Waals surface area contributed by atoms with E-state index in [4.69, 9.17) is 10.3 Å². The van der Waals surface area contributed by atoms with E-state index < -0.39 is 0 Å². The summed E-state index contributed by atoms with van der Waals surface area (Å²) in [6.07, 6.45) is 1.62. The lowest BCUT2D eigenvalue weighted by atomic mass is 10.1. The largest absolute Gasteiger partial charge is 0.398 e. The van der Waals surface area contributed by atoms with E-state index in [2.05, 4.69) is 38.2 Å². The summed E-state index contributed by atoms with van der Waals surface area (Å²) in [6.45, 7) is 0. The molecule has 4 nitrogen and oxygen atoms in total. The van der Waals surface area contributed by atoms with Gasteiger partial charge in [0, 0.05) is 16.6 Å². The predicted octanol–water partition coefficient (Wildman–Crippen LogP) is 3.87. The number of rotatable bonds is 4. The molecule has 1 aromatic heterocycles. The first-order valence-corrected chi connectivity index (χ1v) is 7.43. The standard InChI is InChI=1S/C16H14BrN3O/c17-12-7-8-13(14(18)10-12)16-19-15(20-21-16)9-6-11-4-2-1-3-5-11/h1-5,7-8,10H,6,9,18H2. The van der Waals surface area contributed by atoms with Crippen LogP contribution in [0.1, 0.15) is 11.4 Å². The molecule has 3 rings (SSSR count). The Morgan fingerprint density at radius 3 is 2.62 bits per heavy atom. The molecule has 0 unspecified atom stereocenters. The summed E-state index contributed by atoms with van der Waals surface area (Å²) in [4.78, 5) is 4.41. The first-order valence-electron chi connectivity index (χ1n) is 6.64. The number of halogens is 1. The van der Waals surface area contributed by atoms with Crippen molar-refractivity contribution in [2.45, 2.75) is 12.8 Å². The van der Waals surface area contributed by atoms with Gasteiger partial charge in [0.15, 0.2) is 5.82 Å². The summed E-state index contributed by atoms with van der Waals surface area (Å²) in [5, 5.41) is 4.02. The molecule has 0 radical (unpaired) electrons. The van der Waals surface area contributed by atoms with Crippen LogP contribution in [0.25, 0.3) is 11.5 Å². The van der Waals surface area contributed by atoms with Crippen LogP contribution in [0.15, 0.2) is 57.5 Å². The van der Waals surface area contributed by atoms with Crippen LogP contribution in [-0.2, 0) is 12.8 Å². The topological polar surface area (TPSA) is 64.9 Å². The molecule has 0 aliphatic heterocycles. The molecule has 1 heterocycles. The van der Waals surface area contributed by atoms with Gasteiger partial charge in [-0.1, -0.05) is 51.4 Å². The van der Waals surface area contributed by atoms with Crippen molar-refractivity contribution < 1.29 is 4.52 Å². The highest BCUT2D eigenvalue weighted by molar-refractivity contribution is 9.10. The van der Waals surface area contributed by atoms with E-state index in [1.165, 1.54) is 5.56 Å². The Hall–Kier alpha value is -2.14. The van der Waals surface area contributed by atoms with Gasteiger partial charge >= 0.3 is 0 Å². The Balaban J connectivity index is 1.74. The number of hydrogen-bond acceptors (Lipinski definition) is 4. The van der Waals surface area contributed by atoms with Gasteiger partial charge in [-0.05, 0) is 30.2 Å². The van der Waals surface area contributed by atoms with Crippen LogP contribution < -0.4 is 5.73 Å². The molecule has 106 valence electrons. The van der Waals surface area contributed by atoms with Crippen LogP contribution in [0, 0.1) is 0 Å². The highest BCUT2D eigenvalue weighted by atomic mass is 79.9. The summed E-state index contributed by atoms with van der Waals surface area (Å²) in [7, 11) is 0. The molecule has 0 spiro atoms. The number of benzene rings is 2. The van der Waals surface area contributed by atoms with Crippen molar-refractivity contribution in [2.75, 3.05) is 5.73 Å². The van der Waals surface area contributed by atoms with Gasteiger partial charge in [-0.2, -0.15) is 4.98 Å². The Bertz CT molecular complexity index is 740. The second-order valence-corrected chi connectivity index (χ2v) is 5.65. The van der Waals surface area contributed by atoms with Gasteiger partial charge in [0.1, 0.15) is 0 Å². The van der Waals surface area contributed by atoms with Crippen molar-refractivity contribution in [1.82, 2.24) is 10.1 Å². The van der Waals surface area contributed by atoms with Crippen LogP contribution in [0.4, 0.5) is 5.69 Å². The maximum Gasteiger partial charge on any atom is 0.260 e. The van der Waals surface area contributed by atoms with Gasteiger partial charge < -0.3 is 10.3 Å². The Kier molecular flexibility index (Phi) is 4.01. The first-order chi connectivity index (χ1) is 10.2. The quantitative estimate of drug-likeness (QED) is 0.730. The molecule has 21 heavy (non-hydrogen) atoms. The molecule has 5 heteroatoms. The highest BCUT2D eigenvalue weighted by Crippen LogP contribution is 2.27. The van der Waals surface area contributed by atoms with Gasteiger partial charge in [-0.15, -0.1) is 0 Å². The van der Waals surface area contributed by atoms with Gasteiger partial charge in [0.05, 0.1) is 5.56 Å². The minimum Gasteiger partial charge on any atom is -0.398 e. The smallest absolute Gasteiger partial charge is 0.260 e. The maximum atomic E-state index is 5.97. The lowest BCUT2D eigenvalue weighted by Gasteiger charge is -2.00. The van der Waals surface area contributed by atoms with Gasteiger partial charge in [-0.3, -0.25) is 0 Å². The third kappa shape index (κ3) is 3.31. The number of nitrogens with zero attached hydrogens (tertiary/aromatic N) is 2. The highest BCUT2D eigenvalue weighted by Gasteiger charge is 2.12. The number of nitrogens with two attached hydrogens (primary N) is 1. The second-order valence-electron chi connectivity index (χ2n) is 4.73. The van der Waals surface area contributed by atoms with Gasteiger partial charge in [-0.25, -0.2) is 0 Å². The Morgan fingerprint density at radius 1 is 1.05 bits per heavy atom. The molecule has 0 saturated heterocycles. The van der Waals surface area contributed by atoms with Crippen LogP contribution in [0.3, 0.4) is 0 Å². The van der Waals surface area contributed by atoms with Crippen molar-refractivity contribution >= 4 is 21.6 Å². The van der Waals surface area contributed by atoms with Crippen LogP contribution in [0.2, 0.25) is 0 Å². The Morgan fingerprint density at radius 2 is 1.86 bits per heavy atom. The number of aromatic nitrogens is 2. The molecule has 3 aromatic rings. The summed E-state index contributed by atoms with van der Waals surface area (Å²) < 4.78 is 6.23. The third-order valence-electron chi connectivity index (χ3n) is 3.19. The molecular weight excluding hydrogens is 330 g/mol. The van der Waals surface area contributed by atoms with E-state index in [1.54, 1.807) is 0 Å². The summed E-state index contributed by atoms with van der Waals surface area (Å²) >= 11 is 3.38. The minimum absolute atomic E-state index is 0.461. The molecule has 0 aliphatic carbocycles.